The molecule has 6 nitrogen and oxygen atoms in total. The van der Waals surface area contributed by atoms with Gasteiger partial charge in [-0.25, -0.2) is 0 Å². The molecule has 0 bridgehead atoms. The summed E-state index contributed by atoms with van der Waals surface area (Å²) < 4.78 is 21.4. The van der Waals surface area contributed by atoms with Crippen molar-refractivity contribution in [3.63, 3.8) is 0 Å². The molecule has 0 aliphatic rings. The van der Waals surface area contributed by atoms with Gasteiger partial charge in [-0.1, -0.05) is 29.3 Å². The third-order valence-electron chi connectivity index (χ3n) is 5.08. The van der Waals surface area contributed by atoms with Crippen molar-refractivity contribution in [1.29, 1.82) is 0 Å². The summed E-state index contributed by atoms with van der Waals surface area (Å²) in [4.78, 5) is 0. The van der Waals surface area contributed by atoms with E-state index in [-0.39, 0.29) is 5.02 Å². The lowest BCUT2D eigenvalue weighted by Crippen LogP contribution is -2.09. The maximum atomic E-state index is 11.2. The van der Waals surface area contributed by atoms with Crippen LogP contribution in [0, 0.1) is 0 Å². The number of hydrogen-bond donors (Lipinski definition) is 2. The van der Waals surface area contributed by atoms with Crippen molar-refractivity contribution in [3.8, 4) is 23.0 Å². The minimum Gasteiger partial charge on any atom is -0.497 e. The van der Waals surface area contributed by atoms with Gasteiger partial charge in [-0.2, -0.15) is 0 Å². The number of benzene rings is 3. The largest absolute Gasteiger partial charge is 0.497 e. The van der Waals surface area contributed by atoms with Crippen LogP contribution in [0.5, 0.6) is 23.0 Å². The van der Waals surface area contributed by atoms with Gasteiger partial charge in [-0.05, 0) is 36.4 Å². The summed E-state index contributed by atoms with van der Waals surface area (Å²) in [6.45, 7) is 0.453. The van der Waals surface area contributed by atoms with Crippen LogP contribution in [-0.4, -0.2) is 33.5 Å². The molecule has 170 valence electrons. The van der Waals surface area contributed by atoms with Crippen molar-refractivity contribution >= 4 is 28.9 Å². The Labute approximate surface area is 197 Å². The van der Waals surface area contributed by atoms with E-state index < -0.39 is 6.10 Å². The Morgan fingerprint density at radius 1 is 0.812 bits per heavy atom. The van der Waals surface area contributed by atoms with Crippen LogP contribution in [0.2, 0.25) is 10.0 Å². The maximum absolute atomic E-state index is 11.2. The number of rotatable bonds is 9. The van der Waals surface area contributed by atoms with E-state index in [2.05, 4.69) is 5.32 Å². The zero-order valence-electron chi connectivity index (χ0n) is 18.2. The normalized spacial score (nSPS) is 11.6. The molecule has 2 N–H and O–H groups in total. The highest BCUT2D eigenvalue weighted by Gasteiger charge is 2.22. The van der Waals surface area contributed by atoms with E-state index in [0.717, 1.165) is 5.56 Å². The van der Waals surface area contributed by atoms with Crippen LogP contribution in [0.25, 0.3) is 0 Å². The molecule has 0 fully saturated rings. The van der Waals surface area contributed by atoms with Crippen LogP contribution in [0.3, 0.4) is 0 Å². The van der Waals surface area contributed by atoms with Crippen LogP contribution in [0.15, 0.2) is 48.5 Å². The molecule has 0 amide bonds. The minimum absolute atomic E-state index is 0.266. The lowest BCUT2D eigenvalue weighted by molar-refractivity contribution is 0.220. The summed E-state index contributed by atoms with van der Waals surface area (Å²) in [5.41, 5.74) is 2.66. The molecular formula is C24H25Cl2NO5. The predicted octanol–water partition coefficient (Wildman–Crippen LogP) is 5.72. The first-order chi connectivity index (χ1) is 15.4. The van der Waals surface area contributed by atoms with Crippen molar-refractivity contribution in [3.05, 3.63) is 75.3 Å². The fraction of sp³-hybridized carbons (Fsp3) is 0.250. The van der Waals surface area contributed by atoms with Crippen molar-refractivity contribution in [2.45, 2.75) is 12.6 Å². The lowest BCUT2D eigenvalue weighted by atomic mass is 9.99. The number of ether oxygens (including phenoxy) is 4. The summed E-state index contributed by atoms with van der Waals surface area (Å²) in [5.74, 6) is 2.22. The second-order valence-electron chi connectivity index (χ2n) is 6.87. The second kappa shape index (κ2) is 10.7. The SMILES string of the molecule is COc1ccc(CNc2ccc(Cl)cc2C(O)c2ccc(OC)c(OC)c2Cl)c(OC)c1. The zero-order chi connectivity index (χ0) is 23.3. The number of halogens is 2. The average molecular weight is 478 g/mol. The van der Waals surface area contributed by atoms with Gasteiger partial charge in [-0.15, -0.1) is 0 Å². The van der Waals surface area contributed by atoms with Crippen molar-refractivity contribution in [2.75, 3.05) is 33.8 Å². The molecule has 0 heterocycles. The number of nitrogens with one attached hydrogen (secondary N) is 1. The van der Waals surface area contributed by atoms with Crippen LogP contribution in [-0.2, 0) is 6.54 Å². The molecule has 0 saturated heterocycles. The summed E-state index contributed by atoms with van der Waals surface area (Å²) in [5, 5.41) is 15.3. The number of hydrogen-bond acceptors (Lipinski definition) is 6. The zero-order valence-corrected chi connectivity index (χ0v) is 19.8. The van der Waals surface area contributed by atoms with E-state index >= 15 is 0 Å². The Balaban J connectivity index is 1.94. The van der Waals surface area contributed by atoms with Crippen LogP contribution in [0.1, 0.15) is 22.8 Å². The van der Waals surface area contributed by atoms with E-state index in [1.807, 2.05) is 24.3 Å². The molecule has 8 heteroatoms. The predicted molar refractivity (Wildman–Crippen MR) is 127 cm³/mol. The van der Waals surface area contributed by atoms with Gasteiger partial charge in [0, 0.05) is 40.0 Å². The van der Waals surface area contributed by atoms with Crippen molar-refractivity contribution in [1.82, 2.24) is 0 Å². The summed E-state index contributed by atoms with van der Waals surface area (Å²) >= 11 is 12.8. The fourth-order valence-corrected chi connectivity index (χ4v) is 3.91. The molecule has 0 aliphatic carbocycles. The molecule has 1 unspecified atom stereocenters. The monoisotopic (exact) mass is 477 g/mol. The first-order valence-electron chi connectivity index (χ1n) is 9.76. The van der Waals surface area contributed by atoms with Crippen LogP contribution >= 0.6 is 23.2 Å². The van der Waals surface area contributed by atoms with E-state index in [1.54, 1.807) is 38.5 Å². The van der Waals surface area contributed by atoms with Gasteiger partial charge in [0.25, 0.3) is 0 Å². The summed E-state index contributed by atoms with van der Waals surface area (Å²) in [6.07, 6.45) is -1.05. The quantitative estimate of drug-likeness (QED) is 0.410. The Bertz CT molecular complexity index is 1090. The second-order valence-corrected chi connectivity index (χ2v) is 7.68. The Kier molecular flexibility index (Phi) is 7.96. The molecule has 0 spiro atoms. The van der Waals surface area contributed by atoms with Gasteiger partial charge < -0.3 is 29.4 Å². The number of anilines is 1. The van der Waals surface area contributed by atoms with E-state index in [1.165, 1.54) is 14.2 Å². The lowest BCUT2D eigenvalue weighted by Gasteiger charge is -2.21. The number of aliphatic hydroxyl groups is 1. The molecule has 0 aromatic heterocycles. The standard InChI is InChI=1S/C24H25Cl2NO5/c1-29-16-7-5-14(21(12-16)31-3)13-27-19-9-6-15(25)11-18(19)23(28)17-8-10-20(30-2)24(32-4)22(17)26/h5-12,23,27-28H,13H2,1-4H3. The summed E-state index contributed by atoms with van der Waals surface area (Å²) in [6, 6.07) is 14.3. The highest BCUT2D eigenvalue weighted by atomic mass is 35.5. The van der Waals surface area contributed by atoms with Gasteiger partial charge in [0.1, 0.15) is 17.6 Å². The highest BCUT2D eigenvalue weighted by Crippen LogP contribution is 2.42. The third kappa shape index (κ3) is 4.99. The molecule has 3 rings (SSSR count). The third-order valence-corrected chi connectivity index (χ3v) is 5.71. The number of methoxy groups -OCH3 is 4. The Morgan fingerprint density at radius 2 is 1.56 bits per heavy atom. The molecule has 3 aromatic carbocycles. The van der Waals surface area contributed by atoms with Gasteiger partial charge in [0.2, 0.25) is 0 Å². The Morgan fingerprint density at radius 3 is 2.22 bits per heavy atom. The minimum atomic E-state index is -1.05. The molecule has 0 aliphatic heterocycles. The van der Waals surface area contributed by atoms with E-state index in [0.29, 0.717) is 51.4 Å². The molecule has 3 aromatic rings. The molecule has 1 atom stereocenters. The first-order valence-corrected chi connectivity index (χ1v) is 10.5. The van der Waals surface area contributed by atoms with Crippen molar-refractivity contribution < 1.29 is 24.1 Å². The smallest absolute Gasteiger partial charge is 0.179 e. The van der Waals surface area contributed by atoms with E-state index in [9.17, 15) is 5.11 Å². The maximum Gasteiger partial charge on any atom is 0.179 e. The molecule has 0 radical (unpaired) electrons. The van der Waals surface area contributed by atoms with Crippen LogP contribution < -0.4 is 24.3 Å². The Hall–Kier alpha value is -2.80. The van der Waals surface area contributed by atoms with E-state index in [4.69, 9.17) is 42.1 Å². The average Bonchev–Trinajstić information content (AvgIpc) is 2.82. The molecule has 0 saturated carbocycles. The number of aliphatic hydroxyl groups excluding tert-OH is 1. The van der Waals surface area contributed by atoms with Gasteiger partial charge >= 0.3 is 0 Å². The van der Waals surface area contributed by atoms with Gasteiger partial charge in [0.15, 0.2) is 11.5 Å². The first kappa shape index (κ1) is 23.9. The highest BCUT2D eigenvalue weighted by molar-refractivity contribution is 6.33. The summed E-state index contributed by atoms with van der Waals surface area (Å²) in [7, 11) is 6.23. The van der Waals surface area contributed by atoms with Crippen LogP contribution in [0.4, 0.5) is 5.69 Å². The molecule has 32 heavy (non-hydrogen) atoms. The fourth-order valence-electron chi connectivity index (χ4n) is 3.39. The molecular weight excluding hydrogens is 453 g/mol. The van der Waals surface area contributed by atoms with Gasteiger partial charge in [0.05, 0.1) is 33.5 Å². The topological polar surface area (TPSA) is 69.2 Å². The van der Waals surface area contributed by atoms with Gasteiger partial charge in [-0.3, -0.25) is 0 Å². The van der Waals surface area contributed by atoms with Crippen molar-refractivity contribution in [2.24, 2.45) is 0 Å².